The molecule has 0 saturated carbocycles. The Kier molecular flexibility index (Phi) is 7.63. The van der Waals surface area contributed by atoms with Crippen molar-refractivity contribution >= 4 is 103 Å². The van der Waals surface area contributed by atoms with Gasteiger partial charge in [-0.25, -0.2) is 4.79 Å². The number of benzene rings is 3. The molecule has 3 N–H and O–H groups in total. The molecule has 3 aromatic rings. The molecule has 0 atom stereocenters. The van der Waals surface area contributed by atoms with Crippen LogP contribution >= 0.6 is 79.6 Å². The number of halogens is 5. The van der Waals surface area contributed by atoms with Gasteiger partial charge in [-0.3, -0.25) is 4.79 Å². The summed E-state index contributed by atoms with van der Waals surface area (Å²) in [5.41, 5.74) is 1.15. The monoisotopic (exact) mass is 790 g/mol. The molecule has 11 heteroatoms. The van der Waals surface area contributed by atoms with E-state index < -0.39 is 11.8 Å². The minimum atomic E-state index is -0.852. The molecule has 0 amide bonds. The number of aromatic hydroxyl groups is 3. The van der Waals surface area contributed by atoms with E-state index in [2.05, 4.69) is 79.6 Å². The maximum absolute atomic E-state index is 13.6. The molecule has 1 aliphatic heterocycles. The fourth-order valence-corrected chi connectivity index (χ4v) is 6.11. The van der Waals surface area contributed by atoms with E-state index in [0.717, 1.165) is 0 Å². The van der Waals surface area contributed by atoms with Crippen molar-refractivity contribution < 1.29 is 29.6 Å². The summed E-state index contributed by atoms with van der Waals surface area (Å²) in [7, 11) is 0. The fourth-order valence-electron chi connectivity index (χ4n) is 3.34. The summed E-state index contributed by atoms with van der Waals surface area (Å²) in [5.74, 6) is -1.47. The summed E-state index contributed by atoms with van der Waals surface area (Å²) >= 11 is 16.2. The van der Waals surface area contributed by atoms with Crippen molar-refractivity contribution in [3.63, 3.8) is 0 Å². The van der Waals surface area contributed by atoms with Gasteiger partial charge in [-0.2, -0.15) is 0 Å². The Hall–Kier alpha value is -1.92. The quantitative estimate of drug-likeness (QED) is 0.141. The molecule has 0 unspecified atom stereocenters. The van der Waals surface area contributed by atoms with Gasteiger partial charge < -0.3 is 20.1 Å². The van der Waals surface area contributed by atoms with Crippen molar-refractivity contribution in [2.45, 2.75) is 0 Å². The Morgan fingerprint density at radius 3 is 1.86 bits per heavy atom. The maximum atomic E-state index is 13.6. The average molecular weight is 795 g/mol. The molecule has 0 spiro atoms. The van der Waals surface area contributed by atoms with Crippen LogP contribution < -0.4 is 0 Å². The molecule has 1 aliphatic rings. The van der Waals surface area contributed by atoms with Crippen LogP contribution in [0.5, 0.6) is 17.2 Å². The van der Waals surface area contributed by atoms with Gasteiger partial charge in [0.2, 0.25) is 5.78 Å². The number of ether oxygens (including phenoxy) is 1. The normalized spacial score (nSPS) is 14.5. The Morgan fingerprint density at radius 2 is 1.31 bits per heavy atom. The molecule has 0 radical (unpaired) electrons. The predicted molar refractivity (Wildman–Crippen MR) is 148 cm³/mol. The molecule has 178 valence electrons. The lowest BCUT2D eigenvalue weighted by molar-refractivity contribution is -0.132. The number of Topliss-reactive ketones (excluding diaryl/α,β-unsaturated/α-hetero) is 1. The zero-order chi connectivity index (χ0) is 25.6. The van der Waals surface area contributed by atoms with Gasteiger partial charge in [-0.15, -0.1) is 0 Å². The van der Waals surface area contributed by atoms with Crippen LogP contribution in [0.4, 0.5) is 0 Å². The maximum Gasteiger partial charge on any atom is 0.348 e. The fraction of sp³-hybridized carbons (Fsp3) is 0. The third-order valence-electron chi connectivity index (χ3n) is 4.98. The second-order valence-corrected chi connectivity index (χ2v) is 11.5. The second kappa shape index (κ2) is 10.2. The number of carbonyl (C=O) groups is 2. The number of esters is 1. The van der Waals surface area contributed by atoms with Crippen LogP contribution in [0.3, 0.4) is 0 Å². The summed E-state index contributed by atoms with van der Waals surface area (Å²) in [4.78, 5) is 26.6. The number of allylic oxidation sites excluding steroid dienone is 1. The van der Waals surface area contributed by atoms with Crippen molar-refractivity contribution in [2.75, 3.05) is 0 Å². The number of phenolic OH excluding ortho intramolecular Hbond substituents is 3. The lowest BCUT2D eigenvalue weighted by atomic mass is 9.93. The summed E-state index contributed by atoms with van der Waals surface area (Å²) in [5, 5.41) is 30.0. The summed E-state index contributed by atoms with van der Waals surface area (Å²) in [6, 6.07) is 10.7. The van der Waals surface area contributed by atoms with Crippen molar-refractivity contribution in [2.24, 2.45) is 0 Å². The number of rotatable bonds is 4. The molecule has 0 aromatic heterocycles. The Labute approximate surface area is 241 Å². The van der Waals surface area contributed by atoms with Crippen LogP contribution in [0.15, 0.2) is 76.2 Å². The molecule has 35 heavy (non-hydrogen) atoms. The second-order valence-electron chi connectivity index (χ2n) is 7.27. The Balaban J connectivity index is 1.98. The first-order valence-electron chi connectivity index (χ1n) is 9.56. The number of carbonyl (C=O) groups excluding carboxylic acids is 2. The van der Waals surface area contributed by atoms with E-state index >= 15 is 0 Å². The molecule has 0 bridgehead atoms. The van der Waals surface area contributed by atoms with E-state index in [0.29, 0.717) is 24.5 Å². The topological polar surface area (TPSA) is 104 Å². The SMILES string of the molecule is O=C1O/C(=C\c2ccc(O)c(Br)c2)C(c2cc(Br)c(O)c(Br)c2)=C1C(=O)c1cc(Br)c(O)c(Br)c1. The molecule has 1 heterocycles. The first-order chi connectivity index (χ1) is 16.5. The van der Waals surface area contributed by atoms with Crippen LogP contribution in [-0.2, 0) is 9.53 Å². The van der Waals surface area contributed by atoms with Gasteiger partial charge in [0.1, 0.15) is 28.6 Å². The average Bonchev–Trinajstić information content (AvgIpc) is 3.12. The molecule has 0 fully saturated rings. The van der Waals surface area contributed by atoms with Crippen LogP contribution in [0.2, 0.25) is 0 Å². The third kappa shape index (κ3) is 5.15. The lowest BCUT2D eigenvalue weighted by Crippen LogP contribution is -2.11. The summed E-state index contributed by atoms with van der Waals surface area (Å²) < 4.78 is 7.18. The van der Waals surface area contributed by atoms with Crippen molar-refractivity contribution in [1.29, 1.82) is 0 Å². The predicted octanol–water partition coefficient (Wildman–Crippen LogP) is 7.85. The van der Waals surface area contributed by atoms with E-state index in [9.17, 15) is 24.9 Å². The summed E-state index contributed by atoms with van der Waals surface area (Å²) in [6.07, 6.45) is 1.56. The van der Waals surface area contributed by atoms with Crippen LogP contribution in [-0.4, -0.2) is 27.1 Å². The minimum Gasteiger partial charge on any atom is -0.507 e. The van der Waals surface area contributed by atoms with Gasteiger partial charge in [-0.05, 0) is 133 Å². The summed E-state index contributed by atoms with van der Waals surface area (Å²) in [6.45, 7) is 0. The first-order valence-corrected chi connectivity index (χ1v) is 13.5. The highest BCUT2D eigenvalue weighted by Crippen LogP contribution is 2.43. The molecule has 4 rings (SSSR count). The first kappa shape index (κ1) is 26.2. The third-order valence-corrected chi connectivity index (χ3v) is 8.04. The molecule has 0 saturated heterocycles. The number of hydrogen-bond donors (Lipinski definition) is 3. The number of ketones is 1. The van der Waals surface area contributed by atoms with E-state index in [1.807, 2.05) is 0 Å². The van der Waals surface area contributed by atoms with Gasteiger partial charge in [-0.1, -0.05) is 6.07 Å². The number of cyclic esters (lactones) is 1. The number of hydrogen-bond acceptors (Lipinski definition) is 6. The molecule has 3 aromatic carbocycles. The molecule has 6 nitrogen and oxygen atoms in total. The van der Waals surface area contributed by atoms with Crippen LogP contribution in [0.1, 0.15) is 21.5 Å². The lowest BCUT2D eigenvalue weighted by Gasteiger charge is -2.10. The Morgan fingerprint density at radius 1 is 0.771 bits per heavy atom. The van der Waals surface area contributed by atoms with E-state index in [4.69, 9.17) is 4.74 Å². The van der Waals surface area contributed by atoms with Crippen LogP contribution in [0.25, 0.3) is 11.6 Å². The van der Waals surface area contributed by atoms with Crippen LogP contribution in [0, 0.1) is 0 Å². The van der Waals surface area contributed by atoms with Gasteiger partial charge in [0.05, 0.1) is 22.4 Å². The smallest absolute Gasteiger partial charge is 0.348 e. The van der Waals surface area contributed by atoms with Gasteiger partial charge in [0.15, 0.2) is 0 Å². The van der Waals surface area contributed by atoms with E-state index in [1.54, 1.807) is 30.3 Å². The molecule has 0 aliphatic carbocycles. The largest absolute Gasteiger partial charge is 0.507 e. The van der Waals surface area contributed by atoms with Gasteiger partial charge >= 0.3 is 5.97 Å². The standard InChI is InChI=1S/C24H11Br5O6/c25-12-3-9(1-2-17(12)30)4-18-19(10-5-13(26)22(32)14(27)6-10)20(24(34)35-18)21(31)11-7-15(28)23(33)16(29)8-11/h1-8,30,32-33H/b18-4-. The van der Waals surface area contributed by atoms with Crippen molar-refractivity contribution in [3.8, 4) is 17.2 Å². The Bertz CT molecular complexity index is 1450. The van der Waals surface area contributed by atoms with E-state index in [1.165, 1.54) is 18.2 Å². The molecular weight excluding hydrogens is 784 g/mol. The van der Waals surface area contributed by atoms with Gasteiger partial charge in [0.25, 0.3) is 0 Å². The highest BCUT2D eigenvalue weighted by atomic mass is 79.9. The van der Waals surface area contributed by atoms with Crippen molar-refractivity contribution in [3.05, 3.63) is 92.9 Å². The van der Waals surface area contributed by atoms with Crippen molar-refractivity contribution in [1.82, 2.24) is 0 Å². The van der Waals surface area contributed by atoms with E-state index in [-0.39, 0.29) is 48.7 Å². The minimum absolute atomic E-state index is 0.0390. The zero-order valence-electron chi connectivity index (χ0n) is 17.1. The molecular formula is C24H11Br5O6. The van der Waals surface area contributed by atoms with Gasteiger partial charge in [0, 0.05) is 11.1 Å². The highest BCUT2D eigenvalue weighted by Gasteiger charge is 2.37. The highest BCUT2D eigenvalue weighted by molar-refractivity contribution is 9.11. The number of phenols is 3. The zero-order valence-corrected chi connectivity index (χ0v) is 25.0.